The summed E-state index contributed by atoms with van der Waals surface area (Å²) in [5, 5.41) is 11.6. The van der Waals surface area contributed by atoms with Gasteiger partial charge in [-0.25, -0.2) is 4.39 Å². The summed E-state index contributed by atoms with van der Waals surface area (Å²) in [5.74, 6) is 0. The normalized spacial score (nSPS) is 13.5. The van der Waals surface area contributed by atoms with E-state index in [1.807, 2.05) is 0 Å². The maximum atomic E-state index is 15.8. The van der Waals surface area contributed by atoms with Crippen LogP contribution in [0.25, 0.3) is 0 Å². The van der Waals surface area contributed by atoms with Crippen molar-refractivity contribution in [3.8, 4) is 0 Å². The fraction of sp³-hybridized carbons (Fsp3) is 0.222. The predicted octanol–water partition coefficient (Wildman–Crippen LogP) is 5.39. The molecule has 0 saturated heterocycles. The molecule has 1 unspecified atom stereocenters. The molecule has 1 heterocycles. The number of aromatic nitrogens is 3. The summed E-state index contributed by atoms with van der Waals surface area (Å²) >= 11 is 17.9. The van der Waals surface area contributed by atoms with Gasteiger partial charge in [0.05, 0.1) is 18.9 Å². The number of alkyl halides is 1. The maximum Gasteiger partial charge on any atom is 0.164 e. The second kappa shape index (κ2) is 8.35. The van der Waals surface area contributed by atoms with E-state index in [0.717, 1.165) is 5.56 Å². The van der Waals surface area contributed by atoms with Crippen LogP contribution in [0.4, 0.5) is 4.39 Å². The molecule has 0 aliphatic heterocycles. The molecule has 0 aliphatic carbocycles. The fourth-order valence-corrected chi connectivity index (χ4v) is 3.13. The lowest BCUT2D eigenvalue weighted by atomic mass is 9.92. The molecular formula is C18H15Cl3FN3O. The zero-order valence-electron chi connectivity index (χ0n) is 13.6. The number of ether oxygens (including phenoxy) is 1. The summed E-state index contributed by atoms with van der Waals surface area (Å²) in [7, 11) is 0. The molecule has 136 valence electrons. The minimum Gasteiger partial charge on any atom is -0.373 e. The van der Waals surface area contributed by atoms with Gasteiger partial charge in [0, 0.05) is 27.7 Å². The van der Waals surface area contributed by atoms with Crippen molar-refractivity contribution >= 4 is 34.8 Å². The number of rotatable bonds is 7. The van der Waals surface area contributed by atoms with E-state index in [1.54, 1.807) is 48.7 Å². The summed E-state index contributed by atoms with van der Waals surface area (Å²) in [6, 6.07) is 11.7. The van der Waals surface area contributed by atoms with Crippen molar-refractivity contribution in [1.29, 1.82) is 0 Å². The zero-order valence-corrected chi connectivity index (χ0v) is 15.8. The summed E-state index contributed by atoms with van der Waals surface area (Å²) < 4.78 is 21.4. The van der Waals surface area contributed by atoms with Crippen molar-refractivity contribution in [3.05, 3.63) is 80.6 Å². The van der Waals surface area contributed by atoms with Crippen molar-refractivity contribution in [3.63, 3.8) is 0 Å². The van der Waals surface area contributed by atoms with Crippen LogP contribution in [0.15, 0.2) is 48.7 Å². The van der Waals surface area contributed by atoms with E-state index in [2.05, 4.69) is 15.4 Å². The number of hydrogen-bond donors (Lipinski definition) is 1. The lowest BCUT2D eigenvalue weighted by molar-refractivity contribution is 0.00319. The van der Waals surface area contributed by atoms with Gasteiger partial charge in [-0.1, -0.05) is 58.2 Å². The molecule has 0 saturated carbocycles. The van der Waals surface area contributed by atoms with Crippen molar-refractivity contribution in [2.75, 3.05) is 6.61 Å². The van der Waals surface area contributed by atoms with Crippen LogP contribution in [0.1, 0.15) is 16.8 Å². The third kappa shape index (κ3) is 4.74. The number of benzene rings is 2. The third-order valence-corrected chi connectivity index (χ3v) is 4.73. The van der Waals surface area contributed by atoms with Gasteiger partial charge in [-0.05, 0) is 35.4 Å². The Balaban J connectivity index is 1.76. The molecule has 3 aromatic rings. The molecule has 26 heavy (non-hydrogen) atoms. The Labute approximate surface area is 165 Å². The highest BCUT2D eigenvalue weighted by molar-refractivity contribution is 6.35. The van der Waals surface area contributed by atoms with Gasteiger partial charge in [-0.2, -0.15) is 0 Å². The average molecular weight is 415 g/mol. The zero-order chi connectivity index (χ0) is 18.6. The topological polar surface area (TPSA) is 50.8 Å². The minimum atomic E-state index is -1.79. The Bertz CT molecular complexity index is 859. The van der Waals surface area contributed by atoms with E-state index in [1.165, 1.54) is 0 Å². The summed E-state index contributed by atoms with van der Waals surface area (Å²) in [6.07, 6.45) is 1.57. The number of nitrogens with zero attached hydrogens (tertiary/aromatic N) is 2. The Hall–Kier alpha value is -1.66. The first-order chi connectivity index (χ1) is 12.5. The molecule has 1 N–H and O–H groups in total. The van der Waals surface area contributed by atoms with Crippen LogP contribution < -0.4 is 0 Å². The second-order valence-electron chi connectivity index (χ2n) is 5.84. The largest absolute Gasteiger partial charge is 0.373 e. The van der Waals surface area contributed by atoms with E-state index in [0.29, 0.717) is 26.3 Å². The molecule has 0 radical (unpaired) electrons. The van der Waals surface area contributed by atoms with Gasteiger partial charge in [-0.3, -0.25) is 5.10 Å². The van der Waals surface area contributed by atoms with Gasteiger partial charge >= 0.3 is 0 Å². The van der Waals surface area contributed by atoms with Crippen molar-refractivity contribution in [2.24, 2.45) is 0 Å². The first kappa shape index (κ1) is 19.1. The molecule has 2 aromatic carbocycles. The van der Waals surface area contributed by atoms with Crippen molar-refractivity contribution in [1.82, 2.24) is 15.4 Å². The molecule has 1 aromatic heterocycles. The van der Waals surface area contributed by atoms with Crippen LogP contribution in [-0.4, -0.2) is 22.0 Å². The van der Waals surface area contributed by atoms with E-state index in [9.17, 15) is 0 Å². The van der Waals surface area contributed by atoms with Crippen LogP contribution in [0.2, 0.25) is 15.1 Å². The predicted molar refractivity (Wildman–Crippen MR) is 100 cm³/mol. The minimum absolute atomic E-state index is 0.0134. The monoisotopic (exact) mass is 413 g/mol. The van der Waals surface area contributed by atoms with Crippen LogP contribution in [0, 0.1) is 0 Å². The van der Waals surface area contributed by atoms with Gasteiger partial charge in [-0.15, -0.1) is 5.10 Å². The standard InChI is InChI=1S/C18H15Cl3FN3O/c19-14-5-2-13(3-6-14)18(22,8-16-9-23-25-24-16)11-26-10-12-1-4-15(20)7-17(12)21/h1-7,9H,8,10-11H2,(H,23,24,25). The van der Waals surface area contributed by atoms with Gasteiger partial charge in [0.1, 0.15) is 0 Å². The number of nitrogens with one attached hydrogen (secondary N) is 1. The molecule has 0 spiro atoms. The lowest BCUT2D eigenvalue weighted by Gasteiger charge is -2.25. The molecule has 0 bridgehead atoms. The molecule has 0 amide bonds. The number of aromatic amines is 1. The van der Waals surface area contributed by atoms with E-state index in [-0.39, 0.29) is 19.6 Å². The molecule has 4 nitrogen and oxygen atoms in total. The highest BCUT2D eigenvalue weighted by Gasteiger charge is 2.34. The van der Waals surface area contributed by atoms with E-state index >= 15 is 4.39 Å². The van der Waals surface area contributed by atoms with E-state index in [4.69, 9.17) is 39.5 Å². The Kier molecular flexibility index (Phi) is 6.14. The number of hydrogen-bond acceptors (Lipinski definition) is 3. The summed E-state index contributed by atoms with van der Waals surface area (Å²) in [6.45, 7) is -0.0193. The second-order valence-corrected chi connectivity index (χ2v) is 7.12. The van der Waals surface area contributed by atoms with Gasteiger partial charge in [0.15, 0.2) is 5.67 Å². The molecule has 3 rings (SSSR count). The molecule has 0 fully saturated rings. The molecule has 8 heteroatoms. The third-order valence-electron chi connectivity index (χ3n) is 3.89. The van der Waals surface area contributed by atoms with Gasteiger partial charge < -0.3 is 4.74 Å². The quantitative estimate of drug-likeness (QED) is 0.564. The first-order valence-corrected chi connectivity index (χ1v) is 8.92. The highest BCUT2D eigenvalue weighted by atomic mass is 35.5. The lowest BCUT2D eigenvalue weighted by Crippen LogP contribution is -2.29. The number of H-pyrrole nitrogens is 1. The van der Waals surface area contributed by atoms with Gasteiger partial charge in [0.2, 0.25) is 0 Å². The Morgan fingerprint density at radius 1 is 1.04 bits per heavy atom. The number of halogens is 4. The van der Waals surface area contributed by atoms with Crippen LogP contribution in [0.5, 0.6) is 0 Å². The Morgan fingerprint density at radius 3 is 2.42 bits per heavy atom. The maximum absolute atomic E-state index is 15.8. The van der Waals surface area contributed by atoms with Crippen LogP contribution >= 0.6 is 34.8 Å². The van der Waals surface area contributed by atoms with Gasteiger partial charge in [0.25, 0.3) is 0 Å². The molecular weight excluding hydrogens is 400 g/mol. The summed E-state index contributed by atoms with van der Waals surface area (Å²) in [4.78, 5) is 0. The average Bonchev–Trinajstić information content (AvgIpc) is 3.10. The summed E-state index contributed by atoms with van der Waals surface area (Å²) in [5.41, 5.74) is -0.112. The van der Waals surface area contributed by atoms with Crippen LogP contribution in [-0.2, 0) is 23.4 Å². The SMILES string of the molecule is FC(COCc1ccc(Cl)cc1Cl)(Cc1c[nH]nn1)c1ccc(Cl)cc1. The molecule has 0 aliphatic rings. The van der Waals surface area contributed by atoms with Crippen LogP contribution in [0.3, 0.4) is 0 Å². The highest BCUT2D eigenvalue weighted by Crippen LogP contribution is 2.32. The fourth-order valence-electron chi connectivity index (χ4n) is 2.55. The first-order valence-electron chi connectivity index (χ1n) is 7.78. The Morgan fingerprint density at radius 2 is 1.77 bits per heavy atom. The van der Waals surface area contributed by atoms with Crippen molar-refractivity contribution < 1.29 is 9.13 Å². The van der Waals surface area contributed by atoms with Crippen molar-refractivity contribution in [2.45, 2.75) is 18.7 Å². The van der Waals surface area contributed by atoms with E-state index < -0.39 is 5.67 Å². The smallest absolute Gasteiger partial charge is 0.164 e. The molecule has 1 atom stereocenters.